The van der Waals surface area contributed by atoms with Gasteiger partial charge in [0.15, 0.2) is 0 Å². The summed E-state index contributed by atoms with van der Waals surface area (Å²) in [7, 11) is 0. The highest BCUT2D eigenvalue weighted by atomic mass is 16.2. The lowest BCUT2D eigenvalue weighted by atomic mass is 10.0. The molecule has 0 aliphatic heterocycles. The molecular formula is C20H20N3O2. The number of carbonyl (C=O) groups excluding carboxylic acids is 2. The van der Waals surface area contributed by atoms with E-state index in [-0.39, 0.29) is 5.91 Å². The van der Waals surface area contributed by atoms with E-state index >= 15 is 0 Å². The fourth-order valence-electron chi connectivity index (χ4n) is 2.88. The molecule has 2 atom stereocenters. The van der Waals surface area contributed by atoms with Crippen LogP contribution in [-0.4, -0.2) is 29.3 Å². The number of amides is 1. The van der Waals surface area contributed by atoms with E-state index in [1.165, 1.54) is 0 Å². The molecule has 1 aromatic heterocycles. The molecule has 127 valence electrons. The maximum atomic E-state index is 12.3. The zero-order chi connectivity index (χ0) is 17.6. The number of benzene rings is 2. The highest BCUT2D eigenvalue weighted by Crippen LogP contribution is 2.18. The Bertz CT molecular complexity index is 858. The molecule has 1 radical (unpaired) electrons. The average molecular weight is 334 g/mol. The third-order valence-corrected chi connectivity index (χ3v) is 4.19. The highest BCUT2D eigenvalue weighted by molar-refractivity contribution is 5.87. The topological polar surface area (TPSA) is 88.0 Å². The second kappa shape index (κ2) is 7.77. The van der Waals surface area contributed by atoms with Crippen LogP contribution in [0.15, 0.2) is 60.8 Å². The van der Waals surface area contributed by atoms with Crippen molar-refractivity contribution in [2.45, 2.75) is 24.9 Å². The fraction of sp³-hybridized carbons (Fsp3) is 0.200. The van der Waals surface area contributed by atoms with Crippen molar-refractivity contribution >= 4 is 23.1 Å². The van der Waals surface area contributed by atoms with Crippen LogP contribution >= 0.6 is 0 Å². The summed E-state index contributed by atoms with van der Waals surface area (Å²) in [5.74, 6) is -0.352. The molecule has 1 heterocycles. The number of hydrogen-bond donors (Lipinski definition) is 3. The Kier molecular flexibility index (Phi) is 5.26. The molecule has 2 aromatic carbocycles. The van der Waals surface area contributed by atoms with E-state index in [1.807, 2.05) is 67.1 Å². The fourth-order valence-corrected chi connectivity index (χ4v) is 2.88. The lowest BCUT2D eigenvalue weighted by molar-refractivity contribution is -0.122. The molecule has 3 rings (SSSR count). The summed E-state index contributed by atoms with van der Waals surface area (Å²) in [6, 6.07) is 15.9. The van der Waals surface area contributed by atoms with Crippen molar-refractivity contribution in [3.8, 4) is 0 Å². The van der Waals surface area contributed by atoms with E-state index in [0.717, 1.165) is 22.0 Å². The Morgan fingerprint density at radius 1 is 1.08 bits per heavy atom. The zero-order valence-corrected chi connectivity index (χ0v) is 13.7. The smallest absolute Gasteiger partial charge is 0.237 e. The van der Waals surface area contributed by atoms with E-state index in [0.29, 0.717) is 12.8 Å². The van der Waals surface area contributed by atoms with Gasteiger partial charge in [-0.25, -0.2) is 0 Å². The van der Waals surface area contributed by atoms with Crippen molar-refractivity contribution in [2.75, 3.05) is 0 Å². The molecule has 5 heteroatoms. The molecule has 0 fully saturated rings. The first-order valence-electron chi connectivity index (χ1n) is 8.20. The first-order chi connectivity index (χ1) is 12.2. The van der Waals surface area contributed by atoms with Gasteiger partial charge in [0.05, 0.1) is 12.1 Å². The summed E-state index contributed by atoms with van der Waals surface area (Å²) in [4.78, 5) is 26.7. The first kappa shape index (κ1) is 16.9. The molecule has 0 saturated heterocycles. The van der Waals surface area contributed by atoms with Gasteiger partial charge in [-0.3, -0.25) is 9.59 Å². The van der Waals surface area contributed by atoms with Gasteiger partial charge >= 0.3 is 0 Å². The number of carbonyl (C=O) groups is 1. The van der Waals surface area contributed by atoms with Gasteiger partial charge in [0.2, 0.25) is 12.2 Å². The monoisotopic (exact) mass is 334 g/mol. The number of hydrogen-bond acceptors (Lipinski definition) is 3. The molecule has 4 N–H and O–H groups in total. The Morgan fingerprint density at radius 2 is 1.80 bits per heavy atom. The largest absolute Gasteiger partial charge is 0.361 e. The third-order valence-electron chi connectivity index (χ3n) is 4.19. The number of H-pyrrole nitrogens is 1. The Morgan fingerprint density at radius 3 is 2.56 bits per heavy atom. The van der Waals surface area contributed by atoms with Crippen LogP contribution in [0.2, 0.25) is 0 Å². The molecule has 0 aliphatic carbocycles. The number of nitrogens with two attached hydrogens (primary N) is 1. The minimum atomic E-state index is -0.731. The summed E-state index contributed by atoms with van der Waals surface area (Å²) in [5.41, 5.74) is 8.99. The Balaban J connectivity index is 1.62. The summed E-state index contributed by atoms with van der Waals surface area (Å²) >= 11 is 0. The summed E-state index contributed by atoms with van der Waals surface area (Å²) in [6.45, 7) is 0. The molecular weight excluding hydrogens is 314 g/mol. The molecule has 0 bridgehead atoms. The number of fused-ring (bicyclic) bond motifs is 1. The minimum absolute atomic E-state index is 0.352. The summed E-state index contributed by atoms with van der Waals surface area (Å²) in [5, 5.41) is 3.73. The van der Waals surface area contributed by atoms with Crippen molar-refractivity contribution in [1.82, 2.24) is 10.3 Å². The molecule has 0 spiro atoms. The van der Waals surface area contributed by atoms with Crippen LogP contribution in [-0.2, 0) is 22.4 Å². The van der Waals surface area contributed by atoms with Crippen LogP contribution in [0.4, 0.5) is 0 Å². The Hall–Kier alpha value is -2.92. The van der Waals surface area contributed by atoms with Crippen LogP contribution in [0, 0.1) is 0 Å². The van der Waals surface area contributed by atoms with Crippen LogP contribution in [0.25, 0.3) is 10.9 Å². The maximum absolute atomic E-state index is 12.3. The molecule has 5 nitrogen and oxygen atoms in total. The van der Waals surface area contributed by atoms with Crippen molar-refractivity contribution in [1.29, 1.82) is 0 Å². The number of para-hydroxylation sites is 1. The van der Waals surface area contributed by atoms with E-state index < -0.39 is 12.1 Å². The van der Waals surface area contributed by atoms with Crippen LogP contribution < -0.4 is 11.1 Å². The van der Waals surface area contributed by atoms with E-state index in [2.05, 4.69) is 10.3 Å². The van der Waals surface area contributed by atoms with Gasteiger partial charge in [0, 0.05) is 23.5 Å². The Labute approximate surface area is 146 Å². The van der Waals surface area contributed by atoms with Crippen molar-refractivity contribution < 1.29 is 9.59 Å². The van der Waals surface area contributed by atoms with Crippen molar-refractivity contribution in [3.05, 3.63) is 71.9 Å². The standard InChI is InChI=1S/C20H20N3O2/c21-18(11-15-12-22-19-9-5-4-8-17(15)19)20(25)23-16(13-24)10-14-6-2-1-3-7-14/h1-9,12,16,18,22H,10-11,21H2,(H,23,25). The average Bonchev–Trinajstić information content (AvgIpc) is 3.05. The predicted octanol–water partition coefficient (Wildman–Crippen LogP) is 1.87. The van der Waals surface area contributed by atoms with Gasteiger partial charge in [-0.05, 0) is 23.6 Å². The summed E-state index contributed by atoms with van der Waals surface area (Å²) in [6.07, 6.45) is 4.54. The van der Waals surface area contributed by atoms with Gasteiger partial charge in [-0.1, -0.05) is 48.5 Å². The molecule has 1 amide bonds. The quantitative estimate of drug-likeness (QED) is 0.616. The molecule has 3 aromatic rings. The maximum Gasteiger partial charge on any atom is 0.237 e. The predicted molar refractivity (Wildman–Crippen MR) is 97.7 cm³/mol. The molecule has 0 saturated carbocycles. The number of nitrogens with one attached hydrogen (secondary N) is 2. The second-order valence-corrected chi connectivity index (χ2v) is 6.04. The number of aromatic nitrogens is 1. The summed E-state index contributed by atoms with van der Waals surface area (Å²) < 4.78 is 0. The zero-order valence-electron chi connectivity index (χ0n) is 13.7. The van der Waals surface area contributed by atoms with Gasteiger partial charge in [-0.15, -0.1) is 0 Å². The lowest BCUT2D eigenvalue weighted by Gasteiger charge is -2.16. The minimum Gasteiger partial charge on any atom is -0.361 e. The molecule has 25 heavy (non-hydrogen) atoms. The highest BCUT2D eigenvalue weighted by Gasteiger charge is 2.20. The number of aromatic amines is 1. The van der Waals surface area contributed by atoms with Gasteiger partial charge in [-0.2, -0.15) is 0 Å². The SMILES string of the molecule is NC(Cc1c[nH]c2ccccc12)C(=O)NC([C]=O)Cc1ccccc1. The van der Waals surface area contributed by atoms with Gasteiger partial charge in [0.25, 0.3) is 0 Å². The normalized spacial score (nSPS) is 13.3. The second-order valence-electron chi connectivity index (χ2n) is 6.04. The van der Waals surface area contributed by atoms with Crippen LogP contribution in [0.1, 0.15) is 11.1 Å². The van der Waals surface area contributed by atoms with Crippen LogP contribution in [0.5, 0.6) is 0 Å². The first-order valence-corrected chi connectivity index (χ1v) is 8.20. The van der Waals surface area contributed by atoms with Crippen molar-refractivity contribution in [3.63, 3.8) is 0 Å². The van der Waals surface area contributed by atoms with E-state index in [9.17, 15) is 9.59 Å². The lowest BCUT2D eigenvalue weighted by Crippen LogP contribution is -2.47. The van der Waals surface area contributed by atoms with E-state index in [4.69, 9.17) is 5.73 Å². The van der Waals surface area contributed by atoms with E-state index in [1.54, 1.807) is 0 Å². The molecule has 0 aliphatic rings. The van der Waals surface area contributed by atoms with Gasteiger partial charge < -0.3 is 16.0 Å². The van der Waals surface area contributed by atoms with Crippen molar-refractivity contribution in [2.24, 2.45) is 5.73 Å². The number of rotatable bonds is 7. The van der Waals surface area contributed by atoms with Crippen LogP contribution in [0.3, 0.4) is 0 Å². The molecule has 2 unspecified atom stereocenters. The third kappa shape index (κ3) is 4.14. The van der Waals surface area contributed by atoms with Gasteiger partial charge in [0.1, 0.15) is 0 Å².